The number of aromatic amines is 1. The van der Waals surface area contributed by atoms with Gasteiger partial charge in [-0.1, -0.05) is 50.1 Å². The third-order valence-electron chi connectivity index (χ3n) is 5.64. The van der Waals surface area contributed by atoms with Crippen LogP contribution in [0, 0.1) is 0 Å². The number of nitrogens with zero attached hydrogens (tertiary/aromatic N) is 5. The van der Waals surface area contributed by atoms with Crippen LogP contribution in [0.1, 0.15) is 54.9 Å². The van der Waals surface area contributed by atoms with Crippen LogP contribution in [-0.2, 0) is 31.0 Å². The fraction of sp³-hybridized carbons (Fsp3) is 0.375. The first kappa shape index (κ1) is 24.5. The minimum atomic E-state index is -0.567. The molecular formula is C24H27ClN6O4. The molecule has 10 nitrogen and oxygen atoms in total. The number of carbonyl (C=O) groups excluding carboxylic acids is 1. The molecule has 184 valence electrons. The van der Waals surface area contributed by atoms with Gasteiger partial charge in [-0.3, -0.25) is 19.0 Å². The van der Waals surface area contributed by atoms with Gasteiger partial charge in [0.05, 0.1) is 18.3 Å². The molecule has 0 aliphatic rings. The van der Waals surface area contributed by atoms with E-state index < -0.39 is 17.2 Å². The Labute approximate surface area is 206 Å². The molecule has 4 aromatic rings. The summed E-state index contributed by atoms with van der Waals surface area (Å²) in [6.07, 6.45) is 5.41. The number of fused-ring (bicyclic) bond motifs is 1. The minimum absolute atomic E-state index is 0.148. The molecule has 0 amide bonds. The van der Waals surface area contributed by atoms with Crippen LogP contribution in [0.3, 0.4) is 0 Å². The predicted molar refractivity (Wildman–Crippen MR) is 132 cm³/mol. The van der Waals surface area contributed by atoms with E-state index in [0.717, 1.165) is 24.8 Å². The quantitative estimate of drug-likeness (QED) is 0.335. The zero-order valence-corrected chi connectivity index (χ0v) is 20.4. The zero-order valence-electron chi connectivity index (χ0n) is 19.7. The van der Waals surface area contributed by atoms with Crippen LogP contribution >= 0.6 is 11.6 Å². The molecule has 0 fully saturated rings. The zero-order chi connectivity index (χ0) is 24.9. The lowest BCUT2D eigenvalue weighted by Crippen LogP contribution is -2.31. The van der Waals surface area contributed by atoms with Gasteiger partial charge in [-0.2, -0.15) is 5.10 Å². The van der Waals surface area contributed by atoms with E-state index in [2.05, 4.69) is 15.1 Å². The summed E-state index contributed by atoms with van der Waals surface area (Å²) in [6, 6.07) is 7.42. The average Bonchev–Trinajstić information content (AvgIpc) is 3.44. The number of esters is 1. The summed E-state index contributed by atoms with van der Waals surface area (Å²) < 4.78 is 10.3. The third kappa shape index (κ3) is 5.22. The number of H-pyrrole nitrogens is 1. The Kier molecular flexibility index (Phi) is 7.50. The van der Waals surface area contributed by atoms with Gasteiger partial charge in [0, 0.05) is 24.3 Å². The SMILES string of the molecule is CCCCn1c(=O)[nH]c(=O)c2c1nc(COC(=O)c1cnn(Cc3ccccc3Cl)c1)n2CCC. The normalized spacial score (nSPS) is 11.3. The molecule has 0 spiro atoms. The van der Waals surface area contributed by atoms with Crippen LogP contribution in [0.25, 0.3) is 11.2 Å². The third-order valence-corrected chi connectivity index (χ3v) is 6.01. The van der Waals surface area contributed by atoms with Gasteiger partial charge in [0.25, 0.3) is 5.56 Å². The molecule has 0 atom stereocenters. The van der Waals surface area contributed by atoms with E-state index in [0.29, 0.717) is 41.6 Å². The minimum Gasteiger partial charge on any atom is -0.454 e. The Bertz CT molecular complexity index is 1460. The van der Waals surface area contributed by atoms with E-state index in [1.165, 1.54) is 10.8 Å². The Balaban J connectivity index is 1.56. The van der Waals surface area contributed by atoms with Crippen molar-refractivity contribution in [1.82, 2.24) is 28.9 Å². The Morgan fingerprint density at radius 3 is 2.66 bits per heavy atom. The van der Waals surface area contributed by atoms with Crippen molar-refractivity contribution in [3.63, 3.8) is 0 Å². The number of benzene rings is 1. The van der Waals surface area contributed by atoms with Crippen molar-refractivity contribution in [3.8, 4) is 0 Å². The number of unbranched alkanes of at least 4 members (excludes halogenated alkanes) is 1. The van der Waals surface area contributed by atoms with E-state index in [-0.39, 0.29) is 12.2 Å². The number of aryl methyl sites for hydroxylation is 2. The highest BCUT2D eigenvalue weighted by atomic mass is 35.5. The highest BCUT2D eigenvalue weighted by molar-refractivity contribution is 6.31. The molecule has 3 aromatic heterocycles. The molecule has 0 bridgehead atoms. The van der Waals surface area contributed by atoms with Gasteiger partial charge < -0.3 is 9.30 Å². The van der Waals surface area contributed by atoms with Gasteiger partial charge in [-0.25, -0.2) is 14.6 Å². The van der Waals surface area contributed by atoms with Gasteiger partial charge in [0.15, 0.2) is 11.2 Å². The highest BCUT2D eigenvalue weighted by Gasteiger charge is 2.20. The molecule has 1 N–H and O–H groups in total. The maximum Gasteiger partial charge on any atom is 0.341 e. The van der Waals surface area contributed by atoms with Gasteiger partial charge in [-0.15, -0.1) is 0 Å². The van der Waals surface area contributed by atoms with Crippen molar-refractivity contribution >= 4 is 28.7 Å². The first-order chi connectivity index (χ1) is 16.9. The van der Waals surface area contributed by atoms with E-state index in [4.69, 9.17) is 16.3 Å². The van der Waals surface area contributed by atoms with Gasteiger partial charge in [-0.05, 0) is 24.5 Å². The number of aromatic nitrogens is 6. The van der Waals surface area contributed by atoms with Crippen molar-refractivity contribution in [1.29, 1.82) is 0 Å². The summed E-state index contributed by atoms with van der Waals surface area (Å²) in [5.74, 6) is -0.164. The average molecular weight is 499 g/mol. The first-order valence-electron chi connectivity index (χ1n) is 11.6. The lowest BCUT2D eigenvalue weighted by molar-refractivity contribution is 0.0458. The fourth-order valence-corrected chi connectivity index (χ4v) is 4.08. The number of hydrogen-bond acceptors (Lipinski definition) is 6. The van der Waals surface area contributed by atoms with Crippen molar-refractivity contribution in [2.45, 2.75) is 59.4 Å². The monoisotopic (exact) mass is 498 g/mol. The van der Waals surface area contributed by atoms with Crippen molar-refractivity contribution in [2.24, 2.45) is 0 Å². The van der Waals surface area contributed by atoms with Crippen molar-refractivity contribution in [2.75, 3.05) is 0 Å². The summed E-state index contributed by atoms with van der Waals surface area (Å²) in [7, 11) is 0. The second kappa shape index (κ2) is 10.7. The lowest BCUT2D eigenvalue weighted by Gasteiger charge is -2.08. The molecule has 0 unspecified atom stereocenters. The molecule has 0 aliphatic heterocycles. The standard InChI is InChI=1S/C24H27ClN6O4/c1-3-5-11-31-21-20(22(32)28-24(31)34)30(10-4-2)19(27-21)15-35-23(33)17-12-26-29(14-17)13-16-8-6-7-9-18(16)25/h6-9,12,14H,3-5,10-11,13,15H2,1-2H3,(H,28,32,34). The maximum atomic E-state index is 12.7. The van der Waals surface area contributed by atoms with E-state index in [9.17, 15) is 14.4 Å². The summed E-state index contributed by atoms with van der Waals surface area (Å²) in [6.45, 7) is 5.19. The molecule has 11 heteroatoms. The molecule has 35 heavy (non-hydrogen) atoms. The van der Waals surface area contributed by atoms with E-state index in [1.807, 2.05) is 32.0 Å². The van der Waals surface area contributed by atoms with Gasteiger partial charge in [0.2, 0.25) is 0 Å². The van der Waals surface area contributed by atoms with Crippen LogP contribution in [0.15, 0.2) is 46.2 Å². The topological polar surface area (TPSA) is 117 Å². The van der Waals surface area contributed by atoms with E-state index in [1.54, 1.807) is 21.5 Å². The van der Waals surface area contributed by atoms with Crippen LogP contribution in [0.4, 0.5) is 0 Å². The van der Waals surface area contributed by atoms with E-state index >= 15 is 0 Å². The smallest absolute Gasteiger partial charge is 0.341 e. The summed E-state index contributed by atoms with van der Waals surface area (Å²) in [5, 5.41) is 4.84. The van der Waals surface area contributed by atoms with Crippen LogP contribution in [0.5, 0.6) is 0 Å². The number of imidazole rings is 1. The van der Waals surface area contributed by atoms with Crippen molar-refractivity contribution in [3.05, 3.63) is 79.5 Å². The molecular weight excluding hydrogens is 472 g/mol. The molecule has 0 saturated carbocycles. The summed E-state index contributed by atoms with van der Waals surface area (Å²) in [5.41, 5.74) is 0.779. The highest BCUT2D eigenvalue weighted by Crippen LogP contribution is 2.17. The Hall–Kier alpha value is -3.66. The van der Waals surface area contributed by atoms with Crippen molar-refractivity contribution < 1.29 is 9.53 Å². The first-order valence-corrected chi connectivity index (χ1v) is 12.0. The Morgan fingerprint density at radius 2 is 1.91 bits per heavy atom. The van der Waals surface area contributed by atoms with Crippen LogP contribution in [-0.4, -0.2) is 34.9 Å². The molecule has 4 rings (SSSR count). The second-order valence-corrected chi connectivity index (χ2v) is 8.62. The molecule has 0 radical (unpaired) electrons. The molecule has 0 aliphatic carbocycles. The number of hydrogen-bond donors (Lipinski definition) is 1. The fourth-order valence-electron chi connectivity index (χ4n) is 3.89. The number of carbonyl (C=O) groups is 1. The van der Waals surface area contributed by atoms with Gasteiger partial charge in [0.1, 0.15) is 12.4 Å². The number of nitrogens with one attached hydrogen (secondary N) is 1. The lowest BCUT2D eigenvalue weighted by atomic mass is 10.2. The largest absolute Gasteiger partial charge is 0.454 e. The number of ether oxygens (including phenoxy) is 1. The second-order valence-electron chi connectivity index (χ2n) is 8.21. The van der Waals surface area contributed by atoms with Crippen LogP contribution < -0.4 is 11.2 Å². The molecule has 0 saturated heterocycles. The molecule has 3 heterocycles. The van der Waals surface area contributed by atoms with Gasteiger partial charge >= 0.3 is 11.7 Å². The van der Waals surface area contributed by atoms with Crippen LogP contribution in [0.2, 0.25) is 5.02 Å². The summed E-state index contributed by atoms with van der Waals surface area (Å²) >= 11 is 6.21. The number of rotatable bonds is 10. The molecule has 1 aromatic carbocycles. The number of halogens is 1. The summed E-state index contributed by atoms with van der Waals surface area (Å²) in [4.78, 5) is 44.6. The predicted octanol–water partition coefficient (Wildman–Crippen LogP) is 3.35. The Morgan fingerprint density at radius 1 is 1.11 bits per heavy atom. The maximum absolute atomic E-state index is 12.7.